The first-order valence-electron chi connectivity index (χ1n) is 6.10. The van der Waals surface area contributed by atoms with E-state index in [2.05, 4.69) is 17.2 Å². The summed E-state index contributed by atoms with van der Waals surface area (Å²) in [5, 5.41) is 12.5. The molecule has 1 aliphatic carbocycles. The lowest BCUT2D eigenvalue weighted by Crippen LogP contribution is -2.37. The molecule has 0 bridgehead atoms. The van der Waals surface area contributed by atoms with Crippen molar-refractivity contribution in [1.29, 1.82) is 0 Å². The molecule has 17 heavy (non-hydrogen) atoms. The summed E-state index contributed by atoms with van der Waals surface area (Å²) in [7, 11) is 0. The van der Waals surface area contributed by atoms with Gasteiger partial charge in [-0.25, -0.2) is 0 Å². The zero-order chi connectivity index (χ0) is 12.3. The number of amides is 1. The van der Waals surface area contributed by atoms with Crippen molar-refractivity contribution in [3.05, 3.63) is 24.0 Å². The van der Waals surface area contributed by atoms with Crippen molar-refractivity contribution >= 4 is 5.91 Å². The Hall–Kier alpha value is -1.58. The molecule has 1 saturated carbocycles. The van der Waals surface area contributed by atoms with E-state index in [9.17, 15) is 9.90 Å². The molecule has 1 fully saturated rings. The maximum Gasteiger partial charge on any atom is 0.255 e. The molecular weight excluding hydrogens is 216 g/mol. The van der Waals surface area contributed by atoms with Crippen molar-refractivity contribution in [3.8, 4) is 5.75 Å². The van der Waals surface area contributed by atoms with Crippen LogP contribution in [0.25, 0.3) is 0 Å². The van der Waals surface area contributed by atoms with Crippen LogP contribution >= 0.6 is 0 Å². The molecule has 0 unspecified atom stereocenters. The van der Waals surface area contributed by atoms with Gasteiger partial charge in [0.2, 0.25) is 0 Å². The van der Waals surface area contributed by atoms with Crippen molar-refractivity contribution < 1.29 is 9.90 Å². The predicted octanol–water partition coefficient (Wildman–Crippen LogP) is 2.10. The van der Waals surface area contributed by atoms with E-state index in [1.807, 2.05) is 0 Å². The van der Waals surface area contributed by atoms with Gasteiger partial charge >= 0.3 is 0 Å². The molecule has 1 heterocycles. The van der Waals surface area contributed by atoms with Crippen LogP contribution in [0.3, 0.4) is 0 Å². The average molecular weight is 234 g/mol. The van der Waals surface area contributed by atoms with Crippen molar-refractivity contribution in [2.75, 3.05) is 0 Å². The van der Waals surface area contributed by atoms with Crippen LogP contribution in [0.2, 0.25) is 0 Å². The van der Waals surface area contributed by atoms with E-state index >= 15 is 0 Å². The molecular formula is C13H18N2O2. The van der Waals surface area contributed by atoms with Crippen LogP contribution in [-0.4, -0.2) is 22.0 Å². The number of carbonyl (C=O) groups excluding carboxylic acids is 1. The highest BCUT2D eigenvalue weighted by atomic mass is 16.3. The SMILES string of the molecule is CC1CCC(NC(=O)c2ccncc2O)CC1. The van der Waals surface area contributed by atoms with Gasteiger partial charge in [0.05, 0.1) is 11.8 Å². The third kappa shape index (κ3) is 2.96. The third-order valence-electron chi connectivity index (χ3n) is 3.40. The summed E-state index contributed by atoms with van der Waals surface area (Å²) in [5.41, 5.74) is 0.304. The fourth-order valence-electron chi connectivity index (χ4n) is 2.25. The highest BCUT2D eigenvalue weighted by Crippen LogP contribution is 2.24. The Kier molecular flexibility index (Phi) is 3.61. The number of hydrogen-bond acceptors (Lipinski definition) is 3. The van der Waals surface area contributed by atoms with E-state index in [1.165, 1.54) is 18.5 Å². The minimum absolute atomic E-state index is 0.0609. The molecule has 0 radical (unpaired) electrons. The van der Waals surface area contributed by atoms with Gasteiger partial charge in [-0.3, -0.25) is 9.78 Å². The Morgan fingerprint density at radius 1 is 1.41 bits per heavy atom. The second kappa shape index (κ2) is 5.17. The van der Waals surface area contributed by atoms with Crippen molar-refractivity contribution in [1.82, 2.24) is 10.3 Å². The standard InChI is InChI=1S/C13H18N2O2/c1-9-2-4-10(5-3-9)15-13(17)11-6-7-14-8-12(11)16/h6-10,16H,2-5H2,1H3,(H,15,17). The van der Waals surface area contributed by atoms with Crippen molar-refractivity contribution in [2.24, 2.45) is 5.92 Å². The van der Waals surface area contributed by atoms with Crippen LogP contribution in [0.5, 0.6) is 5.75 Å². The normalized spacial score (nSPS) is 24.3. The van der Waals surface area contributed by atoms with Gasteiger partial charge in [-0.05, 0) is 37.7 Å². The van der Waals surface area contributed by atoms with Gasteiger partial charge in [0.25, 0.3) is 5.91 Å². The average Bonchev–Trinajstić information content (AvgIpc) is 2.32. The first-order valence-corrected chi connectivity index (χ1v) is 6.10. The third-order valence-corrected chi connectivity index (χ3v) is 3.40. The van der Waals surface area contributed by atoms with Gasteiger partial charge in [0.15, 0.2) is 0 Å². The van der Waals surface area contributed by atoms with Crippen molar-refractivity contribution in [2.45, 2.75) is 38.6 Å². The van der Waals surface area contributed by atoms with Crippen LogP contribution < -0.4 is 5.32 Å². The number of aromatic nitrogens is 1. The van der Waals surface area contributed by atoms with Crippen LogP contribution in [0.4, 0.5) is 0 Å². The Bertz CT molecular complexity index is 398. The molecule has 4 nitrogen and oxygen atoms in total. The number of carbonyl (C=O) groups is 1. The van der Waals surface area contributed by atoms with E-state index in [4.69, 9.17) is 0 Å². The number of hydrogen-bond donors (Lipinski definition) is 2. The summed E-state index contributed by atoms with van der Waals surface area (Å²) in [4.78, 5) is 15.7. The molecule has 0 saturated heterocycles. The molecule has 1 aromatic rings. The second-order valence-electron chi connectivity index (χ2n) is 4.82. The largest absolute Gasteiger partial charge is 0.505 e. The highest BCUT2D eigenvalue weighted by Gasteiger charge is 2.21. The van der Waals surface area contributed by atoms with Gasteiger partial charge in [-0.2, -0.15) is 0 Å². The Morgan fingerprint density at radius 3 is 2.76 bits per heavy atom. The highest BCUT2D eigenvalue weighted by molar-refractivity contribution is 5.96. The number of nitrogens with one attached hydrogen (secondary N) is 1. The van der Waals surface area contributed by atoms with Crippen LogP contribution in [-0.2, 0) is 0 Å². The fourth-order valence-corrected chi connectivity index (χ4v) is 2.25. The maximum atomic E-state index is 11.9. The minimum atomic E-state index is -0.204. The lowest BCUT2D eigenvalue weighted by atomic mass is 9.87. The zero-order valence-corrected chi connectivity index (χ0v) is 10.0. The van der Waals surface area contributed by atoms with Gasteiger partial charge in [-0.15, -0.1) is 0 Å². The van der Waals surface area contributed by atoms with Crippen molar-refractivity contribution in [3.63, 3.8) is 0 Å². The summed E-state index contributed by atoms with van der Waals surface area (Å²) in [6, 6.07) is 1.78. The number of nitrogens with zero attached hydrogens (tertiary/aromatic N) is 1. The summed E-state index contributed by atoms with van der Waals surface area (Å²) in [6.45, 7) is 2.24. The van der Waals surface area contributed by atoms with E-state index in [0.29, 0.717) is 5.56 Å². The zero-order valence-electron chi connectivity index (χ0n) is 10.0. The first-order chi connectivity index (χ1) is 8.16. The van der Waals surface area contributed by atoms with E-state index in [1.54, 1.807) is 0 Å². The molecule has 2 rings (SSSR count). The monoisotopic (exact) mass is 234 g/mol. The molecule has 1 amide bonds. The van der Waals surface area contributed by atoms with E-state index in [-0.39, 0.29) is 17.7 Å². The Labute approximate surface area is 101 Å². The number of pyridine rings is 1. The topological polar surface area (TPSA) is 62.2 Å². The summed E-state index contributed by atoms with van der Waals surface area (Å²) < 4.78 is 0. The smallest absolute Gasteiger partial charge is 0.255 e. The summed E-state index contributed by atoms with van der Waals surface area (Å²) >= 11 is 0. The van der Waals surface area contributed by atoms with E-state index in [0.717, 1.165) is 31.6 Å². The molecule has 1 aliphatic rings. The lowest BCUT2D eigenvalue weighted by Gasteiger charge is -2.26. The molecule has 2 N–H and O–H groups in total. The van der Waals surface area contributed by atoms with Crippen LogP contribution in [0, 0.1) is 5.92 Å². The van der Waals surface area contributed by atoms with Gasteiger partial charge in [0.1, 0.15) is 5.75 Å². The quantitative estimate of drug-likeness (QED) is 0.823. The Balaban J connectivity index is 1.96. The van der Waals surface area contributed by atoms with E-state index < -0.39 is 0 Å². The number of aromatic hydroxyl groups is 1. The molecule has 0 spiro atoms. The molecule has 0 atom stereocenters. The lowest BCUT2D eigenvalue weighted by molar-refractivity contribution is 0.0920. The van der Waals surface area contributed by atoms with Crippen LogP contribution in [0.1, 0.15) is 43.0 Å². The Morgan fingerprint density at radius 2 is 2.12 bits per heavy atom. The fraction of sp³-hybridized carbons (Fsp3) is 0.538. The summed E-state index contributed by atoms with van der Waals surface area (Å²) in [5.74, 6) is 0.496. The maximum absolute atomic E-state index is 11.9. The molecule has 4 heteroatoms. The van der Waals surface area contributed by atoms with Gasteiger partial charge < -0.3 is 10.4 Å². The first kappa shape index (κ1) is 11.9. The predicted molar refractivity (Wildman–Crippen MR) is 64.8 cm³/mol. The molecule has 1 aromatic heterocycles. The molecule has 0 aliphatic heterocycles. The number of rotatable bonds is 2. The summed E-state index contributed by atoms with van der Waals surface area (Å²) in [6.07, 6.45) is 7.17. The van der Waals surface area contributed by atoms with Gasteiger partial charge in [0, 0.05) is 12.2 Å². The minimum Gasteiger partial charge on any atom is -0.505 e. The molecule has 0 aromatic carbocycles. The van der Waals surface area contributed by atoms with Crippen LogP contribution in [0.15, 0.2) is 18.5 Å². The van der Waals surface area contributed by atoms with Gasteiger partial charge in [-0.1, -0.05) is 6.92 Å². The second-order valence-corrected chi connectivity index (χ2v) is 4.82. The molecule has 92 valence electrons.